The molecule has 0 unspecified atom stereocenters. The van der Waals surface area contributed by atoms with Crippen LogP contribution in [-0.4, -0.2) is 15.3 Å². The van der Waals surface area contributed by atoms with Crippen molar-refractivity contribution >= 4 is 33.7 Å². The molecule has 2 heterocycles. The number of para-hydroxylation sites is 3. The van der Waals surface area contributed by atoms with Crippen molar-refractivity contribution in [3.05, 3.63) is 60.4 Å². The molecule has 0 saturated heterocycles. The standard InChI is InChI=1S/C17H13N3O2/c18-17-19-12-6-2-3-7-13(12)20(17)10-14(21)16-9-11-5-1-4-8-15(11)22-16/h1-9H,10H2,(H2,18,19). The molecule has 0 saturated carbocycles. The smallest absolute Gasteiger partial charge is 0.217 e. The van der Waals surface area contributed by atoms with E-state index in [9.17, 15) is 4.79 Å². The second-order valence-electron chi connectivity index (χ2n) is 5.12. The van der Waals surface area contributed by atoms with E-state index in [1.807, 2.05) is 48.5 Å². The number of ketones is 1. The lowest BCUT2D eigenvalue weighted by Gasteiger charge is -2.03. The Bertz CT molecular complexity index is 964. The van der Waals surface area contributed by atoms with E-state index in [1.165, 1.54) is 0 Å². The fourth-order valence-corrected chi connectivity index (χ4v) is 2.60. The van der Waals surface area contributed by atoms with Crippen LogP contribution in [0.4, 0.5) is 5.95 Å². The molecule has 0 fully saturated rings. The van der Waals surface area contributed by atoms with Crippen molar-refractivity contribution in [3.8, 4) is 0 Å². The molecule has 5 nitrogen and oxygen atoms in total. The van der Waals surface area contributed by atoms with Gasteiger partial charge in [-0.3, -0.25) is 4.79 Å². The number of aromatic nitrogens is 2. The maximum Gasteiger partial charge on any atom is 0.217 e. The quantitative estimate of drug-likeness (QED) is 0.588. The van der Waals surface area contributed by atoms with Crippen molar-refractivity contribution in [2.75, 3.05) is 5.73 Å². The molecule has 0 aliphatic carbocycles. The topological polar surface area (TPSA) is 74.0 Å². The van der Waals surface area contributed by atoms with Crippen LogP contribution in [0.5, 0.6) is 0 Å². The lowest BCUT2D eigenvalue weighted by Crippen LogP contribution is -2.12. The Balaban J connectivity index is 1.72. The number of Topliss-reactive ketones (excluding diaryl/α,β-unsaturated/α-hetero) is 1. The molecule has 0 bridgehead atoms. The number of nitrogens with two attached hydrogens (primary N) is 1. The number of carbonyl (C=O) groups is 1. The van der Waals surface area contributed by atoms with Gasteiger partial charge in [-0.1, -0.05) is 30.3 Å². The molecule has 5 heteroatoms. The summed E-state index contributed by atoms with van der Waals surface area (Å²) in [5, 5.41) is 0.911. The van der Waals surface area contributed by atoms with Gasteiger partial charge in [0.2, 0.25) is 11.7 Å². The highest BCUT2D eigenvalue weighted by atomic mass is 16.3. The normalized spacial score (nSPS) is 11.3. The van der Waals surface area contributed by atoms with E-state index in [0.29, 0.717) is 17.3 Å². The molecule has 108 valence electrons. The summed E-state index contributed by atoms with van der Waals surface area (Å²) < 4.78 is 7.31. The molecular formula is C17H13N3O2. The SMILES string of the molecule is Nc1nc2ccccc2n1CC(=O)c1cc2ccccc2o1. The Morgan fingerprint density at radius 3 is 2.77 bits per heavy atom. The van der Waals surface area contributed by atoms with Crippen molar-refractivity contribution in [1.29, 1.82) is 0 Å². The highest BCUT2D eigenvalue weighted by Gasteiger charge is 2.16. The molecule has 0 atom stereocenters. The Hall–Kier alpha value is -3.08. The minimum absolute atomic E-state index is 0.103. The lowest BCUT2D eigenvalue weighted by atomic mass is 10.2. The van der Waals surface area contributed by atoms with Gasteiger partial charge >= 0.3 is 0 Å². The monoisotopic (exact) mass is 291 g/mol. The molecule has 4 aromatic rings. The largest absolute Gasteiger partial charge is 0.453 e. The molecule has 22 heavy (non-hydrogen) atoms. The molecular weight excluding hydrogens is 278 g/mol. The number of carbonyl (C=O) groups excluding carboxylic acids is 1. The summed E-state index contributed by atoms with van der Waals surface area (Å²) in [6.07, 6.45) is 0. The van der Waals surface area contributed by atoms with Crippen LogP contribution in [0.1, 0.15) is 10.6 Å². The van der Waals surface area contributed by atoms with Gasteiger partial charge < -0.3 is 14.7 Å². The van der Waals surface area contributed by atoms with E-state index in [2.05, 4.69) is 4.98 Å². The maximum atomic E-state index is 12.5. The summed E-state index contributed by atoms with van der Waals surface area (Å²) in [4.78, 5) is 16.7. The summed E-state index contributed by atoms with van der Waals surface area (Å²) >= 11 is 0. The molecule has 0 radical (unpaired) electrons. The molecule has 2 aromatic heterocycles. The molecule has 0 aliphatic rings. The Kier molecular flexibility index (Phi) is 2.72. The third-order valence-corrected chi connectivity index (χ3v) is 3.69. The number of hydrogen-bond donors (Lipinski definition) is 1. The van der Waals surface area contributed by atoms with Crippen LogP contribution in [0.25, 0.3) is 22.0 Å². The van der Waals surface area contributed by atoms with Gasteiger partial charge in [0.15, 0.2) is 5.76 Å². The van der Waals surface area contributed by atoms with Crippen molar-refractivity contribution in [2.24, 2.45) is 0 Å². The molecule has 4 rings (SSSR count). The predicted molar refractivity (Wildman–Crippen MR) is 84.7 cm³/mol. The third kappa shape index (κ3) is 1.95. The first-order chi connectivity index (χ1) is 10.7. The number of nitrogens with zero attached hydrogens (tertiary/aromatic N) is 2. The van der Waals surface area contributed by atoms with Crippen LogP contribution < -0.4 is 5.73 Å². The molecule has 2 aromatic carbocycles. The number of imidazole rings is 1. The highest BCUT2D eigenvalue weighted by molar-refractivity contribution is 5.98. The number of anilines is 1. The van der Waals surface area contributed by atoms with Gasteiger partial charge in [0.1, 0.15) is 5.58 Å². The van der Waals surface area contributed by atoms with E-state index < -0.39 is 0 Å². The van der Waals surface area contributed by atoms with E-state index in [4.69, 9.17) is 10.2 Å². The highest BCUT2D eigenvalue weighted by Crippen LogP contribution is 2.22. The number of nitrogen functional groups attached to an aromatic ring is 1. The summed E-state index contributed by atoms with van der Waals surface area (Å²) in [5.74, 6) is 0.523. The first kappa shape index (κ1) is 12.6. The van der Waals surface area contributed by atoms with Gasteiger partial charge in [0, 0.05) is 5.39 Å². The number of hydrogen-bond acceptors (Lipinski definition) is 4. The van der Waals surface area contributed by atoms with Gasteiger partial charge in [0.05, 0.1) is 17.6 Å². The van der Waals surface area contributed by atoms with Crippen LogP contribution >= 0.6 is 0 Å². The summed E-state index contributed by atoms with van der Waals surface area (Å²) in [6.45, 7) is 0.103. The first-order valence-corrected chi connectivity index (χ1v) is 6.95. The number of furan rings is 1. The van der Waals surface area contributed by atoms with Crippen LogP contribution in [0.2, 0.25) is 0 Å². The third-order valence-electron chi connectivity index (χ3n) is 3.69. The average molecular weight is 291 g/mol. The van der Waals surface area contributed by atoms with Crippen molar-refractivity contribution in [1.82, 2.24) is 9.55 Å². The number of fused-ring (bicyclic) bond motifs is 2. The minimum atomic E-state index is -0.133. The van der Waals surface area contributed by atoms with Gasteiger partial charge in [-0.15, -0.1) is 0 Å². The lowest BCUT2D eigenvalue weighted by molar-refractivity contribution is 0.0949. The van der Waals surface area contributed by atoms with Crippen LogP contribution in [0, 0.1) is 0 Å². The van der Waals surface area contributed by atoms with Gasteiger partial charge in [-0.25, -0.2) is 4.98 Å². The Labute approximate surface area is 126 Å². The van der Waals surface area contributed by atoms with Crippen molar-refractivity contribution < 1.29 is 9.21 Å². The molecule has 2 N–H and O–H groups in total. The Morgan fingerprint density at radius 1 is 1.14 bits per heavy atom. The van der Waals surface area contributed by atoms with E-state index in [0.717, 1.165) is 16.4 Å². The van der Waals surface area contributed by atoms with Crippen LogP contribution in [0.15, 0.2) is 59.0 Å². The van der Waals surface area contributed by atoms with Crippen molar-refractivity contribution in [3.63, 3.8) is 0 Å². The fraction of sp³-hybridized carbons (Fsp3) is 0.0588. The van der Waals surface area contributed by atoms with Gasteiger partial charge in [0.25, 0.3) is 0 Å². The van der Waals surface area contributed by atoms with E-state index in [-0.39, 0.29) is 12.3 Å². The molecule has 0 spiro atoms. The van der Waals surface area contributed by atoms with Crippen LogP contribution in [0.3, 0.4) is 0 Å². The minimum Gasteiger partial charge on any atom is -0.453 e. The summed E-state index contributed by atoms with van der Waals surface area (Å²) in [6, 6.07) is 16.8. The van der Waals surface area contributed by atoms with E-state index >= 15 is 0 Å². The predicted octanol–water partition coefficient (Wildman–Crippen LogP) is 3.25. The second-order valence-corrected chi connectivity index (χ2v) is 5.12. The molecule has 0 amide bonds. The van der Waals surface area contributed by atoms with Crippen molar-refractivity contribution in [2.45, 2.75) is 6.54 Å². The zero-order chi connectivity index (χ0) is 15.1. The van der Waals surface area contributed by atoms with E-state index in [1.54, 1.807) is 10.6 Å². The van der Waals surface area contributed by atoms with Crippen LogP contribution in [-0.2, 0) is 6.54 Å². The second kappa shape index (κ2) is 4.73. The van der Waals surface area contributed by atoms with Gasteiger partial charge in [-0.2, -0.15) is 0 Å². The summed E-state index contributed by atoms with van der Waals surface area (Å²) in [5.41, 5.74) is 8.24. The number of benzene rings is 2. The zero-order valence-corrected chi connectivity index (χ0v) is 11.7. The maximum absolute atomic E-state index is 12.5. The summed E-state index contributed by atoms with van der Waals surface area (Å²) in [7, 11) is 0. The molecule has 0 aliphatic heterocycles. The Morgan fingerprint density at radius 2 is 1.91 bits per heavy atom. The number of rotatable bonds is 3. The average Bonchev–Trinajstić information content (AvgIpc) is 3.09. The zero-order valence-electron chi connectivity index (χ0n) is 11.7. The fourth-order valence-electron chi connectivity index (χ4n) is 2.60. The van der Waals surface area contributed by atoms with Gasteiger partial charge in [-0.05, 0) is 24.3 Å². The first-order valence-electron chi connectivity index (χ1n) is 6.95.